The van der Waals surface area contributed by atoms with Crippen LogP contribution in [0, 0.1) is 5.92 Å². The van der Waals surface area contributed by atoms with E-state index in [0.29, 0.717) is 10.8 Å². The van der Waals surface area contributed by atoms with Crippen molar-refractivity contribution in [3.63, 3.8) is 0 Å². The van der Waals surface area contributed by atoms with Gasteiger partial charge in [-0.1, -0.05) is 13.0 Å². The molecule has 1 aliphatic rings. The van der Waals surface area contributed by atoms with E-state index in [2.05, 4.69) is 29.5 Å². The van der Waals surface area contributed by atoms with Gasteiger partial charge in [0.1, 0.15) is 0 Å². The van der Waals surface area contributed by atoms with Crippen LogP contribution in [0.5, 0.6) is 0 Å². The number of rotatable bonds is 1. The smallest absolute Gasteiger partial charge is 0.187 e. The van der Waals surface area contributed by atoms with Gasteiger partial charge < -0.3 is 4.55 Å². The van der Waals surface area contributed by atoms with Gasteiger partial charge in [-0.2, -0.15) is 0 Å². The second kappa shape index (κ2) is 3.82. The summed E-state index contributed by atoms with van der Waals surface area (Å²) < 4.78 is 20.5. The maximum Gasteiger partial charge on any atom is 0.187 e. The largest absolute Gasteiger partial charge is 0.302 e. The molecule has 1 rings (SSSR count). The molecule has 2 atom stereocenters. The molecule has 0 radical (unpaired) electrons. The molecule has 1 N–H and O–H groups in total. The molecule has 0 saturated heterocycles. The lowest BCUT2D eigenvalue weighted by atomic mass is 10.0. The Bertz CT molecular complexity index is 245. The van der Waals surface area contributed by atoms with E-state index in [9.17, 15) is 4.21 Å². The van der Waals surface area contributed by atoms with Crippen LogP contribution in [0.25, 0.3) is 0 Å². The average molecular weight is 284 g/mol. The highest BCUT2D eigenvalue weighted by Crippen LogP contribution is 2.29. The maximum atomic E-state index is 10.7. The van der Waals surface area contributed by atoms with Crippen molar-refractivity contribution in [1.29, 1.82) is 0 Å². The van der Waals surface area contributed by atoms with Crippen LogP contribution in [-0.4, -0.2) is 8.76 Å². The molecule has 0 spiro atoms. The van der Waals surface area contributed by atoms with Crippen LogP contribution in [0.15, 0.2) is 20.6 Å². The Balaban J connectivity index is 2.88. The van der Waals surface area contributed by atoms with Gasteiger partial charge in [-0.15, -0.1) is 0 Å². The fraction of sp³-hybridized carbons (Fsp3) is 0.429. The van der Waals surface area contributed by atoms with E-state index in [1.165, 1.54) is 0 Å². The van der Waals surface area contributed by atoms with Crippen molar-refractivity contribution in [1.82, 2.24) is 0 Å². The van der Waals surface area contributed by atoms with E-state index in [1.807, 2.05) is 6.08 Å². The molecule has 4 heteroatoms. The summed E-state index contributed by atoms with van der Waals surface area (Å²) in [5.74, 6) is 0.495. The van der Waals surface area contributed by atoms with Crippen molar-refractivity contribution in [2.45, 2.75) is 13.3 Å². The van der Waals surface area contributed by atoms with Gasteiger partial charge in [-0.3, -0.25) is 0 Å². The predicted octanol–water partition coefficient (Wildman–Crippen LogP) is 2.45. The fourth-order valence-corrected chi connectivity index (χ4v) is 2.85. The molecule has 0 bridgehead atoms. The summed E-state index contributed by atoms with van der Waals surface area (Å²) in [5, 5.41) is 0. The molecule has 0 aliphatic heterocycles. The molecule has 1 aliphatic carbocycles. The first-order chi connectivity index (χ1) is 5.11. The lowest BCUT2D eigenvalue weighted by molar-refractivity contribution is 0.571. The van der Waals surface area contributed by atoms with Gasteiger partial charge >= 0.3 is 0 Å². The number of allylic oxidation sites excluding steroid dienone is 3. The van der Waals surface area contributed by atoms with Crippen LogP contribution >= 0.6 is 22.6 Å². The molecule has 62 valence electrons. The Kier molecular flexibility index (Phi) is 3.27. The van der Waals surface area contributed by atoms with Crippen LogP contribution in [0.4, 0.5) is 0 Å². The maximum absolute atomic E-state index is 10.7. The molecule has 11 heavy (non-hydrogen) atoms. The van der Waals surface area contributed by atoms with E-state index in [-0.39, 0.29) is 0 Å². The first kappa shape index (κ1) is 9.41. The van der Waals surface area contributed by atoms with Gasteiger partial charge in [0.15, 0.2) is 11.1 Å². The highest BCUT2D eigenvalue weighted by molar-refractivity contribution is 14.1. The summed E-state index contributed by atoms with van der Waals surface area (Å²) in [7, 11) is 0. The lowest BCUT2D eigenvalue weighted by Crippen LogP contribution is -2.01. The van der Waals surface area contributed by atoms with Crippen molar-refractivity contribution < 1.29 is 8.76 Å². The second-order valence-corrected chi connectivity index (χ2v) is 4.80. The zero-order valence-corrected chi connectivity index (χ0v) is 9.05. The van der Waals surface area contributed by atoms with Crippen LogP contribution in [0.2, 0.25) is 0 Å². The van der Waals surface area contributed by atoms with Crippen LogP contribution in [0.3, 0.4) is 0 Å². The minimum absolute atomic E-state index is 0.495. The predicted molar refractivity (Wildman–Crippen MR) is 54.7 cm³/mol. The molecular formula is C7H9IO2S. The Morgan fingerprint density at radius 2 is 2.45 bits per heavy atom. The Morgan fingerprint density at radius 3 is 2.91 bits per heavy atom. The SMILES string of the molecule is CC1C=CC(S(=O)O)=C(I)C1. The van der Waals surface area contributed by atoms with Crippen molar-refractivity contribution >= 4 is 33.7 Å². The monoisotopic (exact) mass is 284 g/mol. The minimum Gasteiger partial charge on any atom is -0.302 e. The van der Waals surface area contributed by atoms with Crippen molar-refractivity contribution in [2.24, 2.45) is 5.92 Å². The van der Waals surface area contributed by atoms with E-state index in [1.54, 1.807) is 6.08 Å². The standard InChI is InChI=1S/C7H9IO2S/c1-5-2-3-7(11(9)10)6(8)4-5/h2-3,5H,4H2,1H3,(H,9,10). The number of halogens is 1. The van der Waals surface area contributed by atoms with E-state index in [4.69, 9.17) is 4.55 Å². The molecule has 0 amide bonds. The van der Waals surface area contributed by atoms with Crippen molar-refractivity contribution in [3.8, 4) is 0 Å². The van der Waals surface area contributed by atoms with Gasteiger partial charge in [0.05, 0.1) is 4.91 Å². The van der Waals surface area contributed by atoms with E-state index >= 15 is 0 Å². The first-order valence-electron chi connectivity index (χ1n) is 3.29. The molecule has 0 heterocycles. The Morgan fingerprint density at radius 1 is 1.82 bits per heavy atom. The summed E-state index contributed by atoms with van der Waals surface area (Å²) in [5.41, 5.74) is 0. The molecule has 0 fully saturated rings. The highest BCUT2D eigenvalue weighted by atomic mass is 127. The summed E-state index contributed by atoms with van der Waals surface area (Å²) in [6, 6.07) is 0. The molecular weight excluding hydrogens is 275 g/mol. The number of hydrogen-bond donors (Lipinski definition) is 1. The van der Waals surface area contributed by atoms with Gasteiger partial charge in [0.25, 0.3) is 0 Å². The van der Waals surface area contributed by atoms with Gasteiger partial charge in [-0.05, 0) is 41.0 Å². The van der Waals surface area contributed by atoms with E-state index < -0.39 is 11.1 Å². The number of hydrogen-bond acceptors (Lipinski definition) is 1. The highest BCUT2D eigenvalue weighted by Gasteiger charge is 2.13. The van der Waals surface area contributed by atoms with Gasteiger partial charge in [0.2, 0.25) is 0 Å². The third kappa shape index (κ3) is 2.38. The lowest BCUT2D eigenvalue weighted by Gasteiger charge is -2.12. The molecule has 0 aromatic heterocycles. The minimum atomic E-state index is -1.81. The fourth-order valence-electron chi connectivity index (χ4n) is 0.946. The summed E-state index contributed by atoms with van der Waals surface area (Å²) in [6.07, 6.45) is 4.59. The molecule has 2 unspecified atom stereocenters. The first-order valence-corrected chi connectivity index (χ1v) is 5.47. The molecule has 0 aromatic carbocycles. The molecule has 0 saturated carbocycles. The Hall–Kier alpha value is 0.320. The molecule has 0 aromatic rings. The van der Waals surface area contributed by atoms with Crippen molar-refractivity contribution in [3.05, 3.63) is 20.6 Å². The van der Waals surface area contributed by atoms with Crippen LogP contribution in [-0.2, 0) is 11.1 Å². The topological polar surface area (TPSA) is 37.3 Å². The van der Waals surface area contributed by atoms with Crippen LogP contribution in [0.1, 0.15) is 13.3 Å². The quantitative estimate of drug-likeness (QED) is 0.593. The third-order valence-corrected chi connectivity index (χ3v) is 3.68. The normalized spacial score (nSPS) is 27.4. The second-order valence-electron chi connectivity index (χ2n) is 2.56. The Labute approximate surface area is 82.2 Å². The van der Waals surface area contributed by atoms with Gasteiger partial charge in [-0.25, -0.2) is 4.21 Å². The zero-order chi connectivity index (χ0) is 8.43. The van der Waals surface area contributed by atoms with Crippen LogP contribution < -0.4 is 0 Å². The summed E-state index contributed by atoms with van der Waals surface area (Å²) in [4.78, 5) is 0.559. The van der Waals surface area contributed by atoms with Gasteiger partial charge in [0, 0.05) is 3.58 Å². The zero-order valence-electron chi connectivity index (χ0n) is 6.08. The third-order valence-electron chi connectivity index (χ3n) is 1.53. The summed E-state index contributed by atoms with van der Waals surface area (Å²) in [6.45, 7) is 2.09. The van der Waals surface area contributed by atoms with Crippen molar-refractivity contribution in [2.75, 3.05) is 0 Å². The van der Waals surface area contributed by atoms with E-state index in [0.717, 1.165) is 10.0 Å². The average Bonchev–Trinajstić information content (AvgIpc) is 1.85. The summed E-state index contributed by atoms with van der Waals surface area (Å²) >= 11 is 0.313. The molecule has 2 nitrogen and oxygen atoms in total.